The summed E-state index contributed by atoms with van der Waals surface area (Å²) >= 11 is 1.80. The van der Waals surface area contributed by atoms with E-state index in [9.17, 15) is 4.79 Å². The van der Waals surface area contributed by atoms with Crippen molar-refractivity contribution in [1.82, 2.24) is 0 Å². The van der Waals surface area contributed by atoms with Crippen molar-refractivity contribution in [2.24, 2.45) is 0 Å². The number of benzene rings is 1. The number of nitrogens with one attached hydrogen (secondary N) is 2. The van der Waals surface area contributed by atoms with Gasteiger partial charge >= 0.3 is 0 Å². The predicted molar refractivity (Wildman–Crippen MR) is 105 cm³/mol. The molecule has 2 N–H and O–H groups in total. The fraction of sp³-hybridized carbons (Fsp3) is 0.450. The Hall–Kier alpha value is -1.89. The van der Waals surface area contributed by atoms with Crippen LogP contribution >= 0.6 is 11.3 Å². The molecule has 26 heavy (non-hydrogen) atoms. The van der Waals surface area contributed by atoms with Crippen LogP contribution in [0.1, 0.15) is 23.8 Å². The number of anilines is 2. The van der Waals surface area contributed by atoms with Crippen LogP contribution < -0.4 is 15.1 Å². The molecule has 2 saturated heterocycles. The third kappa shape index (κ3) is 4.09. The minimum atomic E-state index is 0.0996. The molecule has 1 aromatic heterocycles. The Morgan fingerprint density at radius 1 is 1.23 bits per heavy atom. The molecule has 0 radical (unpaired) electrons. The van der Waals surface area contributed by atoms with Crippen LogP contribution in [-0.4, -0.2) is 45.3 Å². The number of nitrogens with zero attached hydrogens (tertiary/aromatic N) is 1. The molecule has 138 valence electrons. The summed E-state index contributed by atoms with van der Waals surface area (Å²) in [6.07, 6.45) is 2.37. The summed E-state index contributed by atoms with van der Waals surface area (Å²) in [5.74, 6) is 0.0996. The minimum Gasteiger partial charge on any atom is -0.378 e. The van der Waals surface area contributed by atoms with Crippen molar-refractivity contribution >= 4 is 28.6 Å². The maximum atomic E-state index is 12.5. The number of amides is 1. The van der Waals surface area contributed by atoms with Gasteiger partial charge in [-0.2, -0.15) is 0 Å². The van der Waals surface area contributed by atoms with Gasteiger partial charge in [0.2, 0.25) is 0 Å². The van der Waals surface area contributed by atoms with Gasteiger partial charge in [-0.15, -0.1) is 11.3 Å². The molecule has 2 aliphatic rings. The summed E-state index contributed by atoms with van der Waals surface area (Å²) in [5, 5.41) is 5.19. The third-order valence-corrected chi connectivity index (χ3v) is 6.27. The average Bonchev–Trinajstić information content (AvgIpc) is 3.34. The molecule has 6 heteroatoms. The van der Waals surface area contributed by atoms with E-state index in [1.54, 1.807) is 11.3 Å². The largest absolute Gasteiger partial charge is 0.378 e. The number of rotatable bonds is 5. The first kappa shape index (κ1) is 17.5. The van der Waals surface area contributed by atoms with Crippen LogP contribution in [-0.2, 0) is 9.53 Å². The number of likely N-dealkylation sites (tertiary alicyclic amines) is 1. The summed E-state index contributed by atoms with van der Waals surface area (Å²) in [7, 11) is 0. The highest BCUT2D eigenvalue weighted by molar-refractivity contribution is 7.10. The second-order valence-electron chi connectivity index (χ2n) is 6.99. The molecule has 3 heterocycles. The average molecular weight is 373 g/mol. The van der Waals surface area contributed by atoms with Crippen LogP contribution in [0.25, 0.3) is 0 Å². The SMILES string of the molecule is O=C(C[NH+]1CCC[C@H]1c1cccs1)Nc1ccc(N2CCOCC2)cc1. The molecule has 0 spiro atoms. The van der Waals surface area contributed by atoms with Gasteiger partial charge in [0.1, 0.15) is 6.04 Å². The van der Waals surface area contributed by atoms with Crippen LogP contribution in [0.4, 0.5) is 11.4 Å². The first-order valence-corrected chi connectivity index (χ1v) is 10.3. The number of thiophene rings is 1. The molecule has 0 aliphatic carbocycles. The van der Waals surface area contributed by atoms with Crippen molar-refractivity contribution in [3.8, 4) is 0 Å². The van der Waals surface area contributed by atoms with Crippen molar-refractivity contribution in [2.75, 3.05) is 49.6 Å². The number of carbonyl (C=O) groups excluding carboxylic acids is 1. The van der Waals surface area contributed by atoms with E-state index in [1.165, 1.54) is 28.3 Å². The minimum absolute atomic E-state index is 0.0996. The molecule has 4 rings (SSSR count). The fourth-order valence-corrected chi connectivity index (χ4v) is 4.86. The van der Waals surface area contributed by atoms with E-state index < -0.39 is 0 Å². The van der Waals surface area contributed by atoms with E-state index >= 15 is 0 Å². The monoisotopic (exact) mass is 372 g/mol. The molecule has 1 aromatic carbocycles. The van der Waals surface area contributed by atoms with Gasteiger partial charge in [0.25, 0.3) is 5.91 Å². The summed E-state index contributed by atoms with van der Waals surface area (Å²) < 4.78 is 5.40. The second kappa shape index (κ2) is 8.20. The van der Waals surface area contributed by atoms with Gasteiger partial charge in [0.05, 0.1) is 24.6 Å². The van der Waals surface area contributed by atoms with Crippen LogP contribution in [0.5, 0.6) is 0 Å². The molecule has 1 unspecified atom stereocenters. The molecular weight excluding hydrogens is 346 g/mol. The number of morpholine rings is 1. The Labute approximate surface area is 158 Å². The first-order chi connectivity index (χ1) is 12.8. The van der Waals surface area contributed by atoms with E-state index in [4.69, 9.17) is 4.74 Å². The lowest BCUT2D eigenvalue weighted by atomic mass is 10.2. The molecule has 2 aliphatic heterocycles. The Morgan fingerprint density at radius 2 is 2.04 bits per heavy atom. The van der Waals surface area contributed by atoms with Gasteiger partial charge in [-0.25, -0.2) is 0 Å². The first-order valence-electron chi connectivity index (χ1n) is 9.40. The maximum absolute atomic E-state index is 12.5. The van der Waals surface area contributed by atoms with E-state index in [1.807, 2.05) is 12.1 Å². The number of quaternary nitrogens is 1. The van der Waals surface area contributed by atoms with Gasteiger partial charge in [-0.3, -0.25) is 4.79 Å². The summed E-state index contributed by atoms with van der Waals surface area (Å²) in [6.45, 7) is 5.02. The van der Waals surface area contributed by atoms with Crippen molar-refractivity contribution in [2.45, 2.75) is 18.9 Å². The van der Waals surface area contributed by atoms with E-state index in [-0.39, 0.29) is 5.91 Å². The van der Waals surface area contributed by atoms with Crippen molar-refractivity contribution < 1.29 is 14.4 Å². The van der Waals surface area contributed by atoms with Gasteiger partial charge in [-0.1, -0.05) is 6.07 Å². The number of carbonyl (C=O) groups is 1. The van der Waals surface area contributed by atoms with E-state index in [0.717, 1.165) is 38.5 Å². The lowest BCUT2D eigenvalue weighted by molar-refractivity contribution is -0.910. The van der Waals surface area contributed by atoms with Crippen LogP contribution in [0.15, 0.2) is 41.8 Å². The molecule has 2 fully saturated rings. The smallest absolute Gasteiger partial charge is 0.279 e. The van der Waals surface area contributed by atoms with Crippen LogP contribution in [0.3, 0.4) is 0 Å². The topological polar surface area (TPSA) is 46.0 Å². The highest BCUT2D eigenvalue weighted by Gasteiger charge is 2.32. The standard InChI is InChI=1S/C20H25N3O2S/c24-20(15-23-9-1-3-18(23)19-4-2-14-26-19)21-16-5-7-17(8-6-16)22-10-12-25-13-11-22/h2,4-8,14,18H,1,3,9-13,15H2,(H,21,24)/p+1/t18-/m0/s1. The van der Waals surface area contributed by atoms with Gasteiger partial charge in [0, 0.05) is 37.3 Å². The van der Waals surface area contributed by atoms with Crippen LogP contribution in [0.2, 0.25) is 0 Å². The Balaban J connectivity index is 1.33. The van der Waals surface area contributed by atoms with Gasteiger partial charge in [0.15, 0.2) is 6.54 Å². The molecule has 0 saturated carbocycles. The van der Waals surface area contributed by atoms with Crippen molar-refractivity contribution in [1.29, 1.82) is 0 Å². The maximum Gasteiger partial charge on any atom is 0.279 e. The normalized spacial score (nSPS) is 23.2. The molecule has 2 atom stereocenters. The molecular formula is C20H26N3O2S+. The van der Waals surface area contributed by atoms with Gasteiger partial charge in [-0.05, 0) is 35.7 Å². The molecule has 0 bridgehead atoms. The van der Waals surface area contributed by atoms with Crippen LogP contribution in [0, 0.1) is 0 Å². The molecule has 1 amide bonds. The number of hydrogen-bond acceptors (Lipinski definition) is 4. The lowest BCUT2D eigenvalue weighted by Gasteiger charge is -2.28. The van der Waals surface area contributed by atoms with Crippen molar-refractivity contribution in [3.05, 3.63) is 46.7 Å². The summed E-state index contributed by atoms with van der Waals surface area (Å²) in [5.41, 5.74) is 2.06. The molecule has 5 nitrogen and oxygen atoms in total. The predicted octanol–water partition coefficient (Wildman–Crippen LogP) is 1.94. The highest BCUT2D eigenvalue weighted by Crippen LogP contribution is 2.23. The van der Waals surface area contributed by atoms with Crippen molar-refractivity contribution in [3.63, 3.8) is 0 Å². The zero-order valence-electron chi connectivity index (χ0n) is 14.9. The third-order valence-electron chi connectivity index (χ3n) is 5.29. The quantitative estimate of drug-likeness (QED) is 0.843. The van der Waals surface area contributed by atoms with E-state index in [0.29, 0.717) is 12.6 Å². The summed E-state index contributed by atoms with van der Waals surface area (Å²) in [6, 6.07) is 12.9. The lowest BCUT2D eigenvalue weighted by Crippen LogP contribution is -3.11. The molecule has 2 aromatic rings. The van der Waals surface area contributed by atoms with E-state index in [2.05, 4.69) is 39.9 Å². The second-order valence-corrected chi connectivity index (χ2v) is 7.97. The zero-order valence-corrected chi connectivity index (χ0v) is 15.8. The zero-order chi connectivity index (χ0) is 17.8. The summed E-state index contributed by atoms with van der Waals surface area (Å²) in [4.78, 5) is 17.6. The Morgan fingerprint density at radius 3 is 2.77 bits per heavy atom. The fourth-order valence-electron chi connectivity index (χ4n) is 3.94. The Bertz CT molecular complexity index is 711. The number of hydrogen-bond donors (Lipinski definition) is 2. The van der Waals surface area contributed by atoms with Gasteiger partial charge < -0.3 is 19.9 Å². The Kier molecular flexibility index (Phi) is 5.53. The highest BCUT2D eigenvalue weighted by atomic mass is 32.1. The number of ether oxygens (including phenoxy) is 1.